The number of hydrogen-bond acceptors (Lipinski definition) is 9. The fourth-order valence-corrected chi connectivity index (χ4v) is 6.12. The molecular formula is C30H31FN6O5. The van der Waals surface area contributed by atoms with Crippen LogP contribution in [0.25, 0.3) is 32.9 Å². The van der Waals surface area contributed by atoms with Gasteiger partial charge in [-0.25, -0.2) is 9.18 Å². The highest BCUT2D eigenvalue weighted by Crippen LogP contribution is 2.43. The average Bonchev–Trinajstić information content (AvgIpc) is 3.19. The molecule has 2 saturated heterocycles. The topological polar surface area (TPSA) is 144 Å². The smallest absolute Gasteiger partial charge is 0.411 e. The molecule has 6 rings (SSSR count). The minimum atomic E-state index is -1.35. The first-order valence-corrected chi connectivity index (χ1v) is 13.6. The summed E-state index contributed by atoms with van der Waals surface area (Å²) in [5.41, 5.74) is 4.21. The van der Waals surface area contributed by atoms with Gasteiger partial charge in [-0.3, -0.25) is 14.7 Å². The van der Waals surface area contributed by atoms with Crippen molar-refractivity contribution in [3.63, 3.8) is 0 Å². The van der Waals surface area contributed by atoms with E-state index in [0.29, 0.717) is 41.5 Å². The Labute approximate surface area is 241 Å². The molecule has 0 spiro atoms. The SMILES string of the molecule is COc1nc(N2CC3CCC(C(N)=O)(C2)N3C(=O)OC(C)(C)C)c2cnc(-c3cc(O)cc4ccccc34)c(F)c2n1. The van der Waals surface area contributed by atoms with E-state index in [0.717, 1.165) is 5.39 Å². The van der Waals surface area contributed by atoms with Gasteiger partial charge in [0.05, 0.1) is 25.1 Å². The highest BCUT2D eigenvalue weighted by molar-refractivity contribution is 6.00. The minimum absolute atomic E-state index is 0.00437. The van der Waals surface area contributed by atoms with Gasteiger partial charge >= 0.3 is 12.1 Å². The summed E-state index contributed by atoms with van der Waals surface area (Å²) in [4.78, 5) is 42.8. The molecule has 2 unspecified atom stereocenters. The van der Waals surface area contributed by atoms with E-state index in [1.165, 1.54) is 24.3 Å². The van der Waals surface area contributed by atoms with E-state index in [-0.39, 0.29) is 29.5 Å². The fraction of sp³-hybridized carbons (Fsp3) is 0.367. The van der Waals surface area contributed by atoms with Gasteiger partial charge in [-0.15, -0.1) is 0 Å². The van der Waals surface area contributed by atoms with Crippen molar-refractivity contribution in [2.45, 2.75) is 50.8 Å². The predicted octanol–water partition coefficient (Wildman–Crippen LogP) is 4.14. The van der Waals surface area contributed by atoms with Crippen LogP contribution in [-0.2, 0) is 9.53 Å². The fourth-order valence-electron chi connectivity index (χ4n) is 6.12. The third-order valence-electron chi connectivity index (χ3n) is 7.88. The third kappa shape index (κ3) is 4.38. The summed E-state index contributed by atoms with van der Waals surface area (Å²) >= 11 is 0. The van der Waals surface area contributed by atoms with Crippen LogP contribution in [0.3, 0.4) is 0 Å². The van der Waals surface area contributed by atoms with Crippen molar-refractivity contribution in [2.24, 2.45) is 5.73 Å². The maximum absolute atomic E-state index is 16.3. The summed E-state index contributed by atoms with van der Waals surface area (Å²) in [5, 5.41) is 12.1. The number of phenolic OH excluding ortho intramolecular Hbond substituents is 1. The molecule has 0 aliphatic carbocycles. The number of carbonyl (C=O) groups excluding carboxylic acids is 2. The number of rotatable bonds is 4. The van der Waals surface area contributed by atoms with Crippen molar-refractivity contribution in [2.75, 3.05) is 25.1 Å². The Morgan fingerprint density at radius 2 is 1.93 bits per heavy atom. The number of primary amides is 1. The number of carbonyl (C=O) groups is 2. The van der Waals surface area contributed by atoms with Crippen molar-refractivity contribution in [3.8, 4) is 23.0 Å². The molecule has 0 radical (unpaired) electrons. The van der Waals surface area contributed by atoms with Gasteiger partial charge in [-0.2, -0.15) is 9.97 Å². The van der Waals surface area contributed by atoms with Gasteiger partial charge in [0.25, 0.3) is 0 Å². The van der Waals surface area contributed by atoms with E-state index < -0.39 is 35.0 Å². The number of ether oxygens (including phenoxy) is 2. The van der Waals surface area contributed by atoms with Crippen LogP contribution in [0, 0.1) is 5.82 Å². The van der Waals surface area contributed by atoms with Crippen LogP contribution in [-0.4, -0.2) is 74.3 Å². The molecule has 2 amide bonds. The second kappa shape index (κ2) is 9.68. The summed E-state index contributed by atoms with van der Waals surface area (Å²) in [6.45, 7) is 5.59. The molecule has 42 heavy (non-hydrogen) atoms. The van der Waals surface area contributed by atoms with Crippen molar-refractivity contribution in [1.29, 1.82) is 0 Å². The first-order valence-electron chi connectivity index (χ1n) is 13.6. The average molecular weight is 575 g/mol. The lowest BCUT2D eigenvalue weighted by Crippen LogP contribution is -2.69. The van der Waals surface area contributed by atoms with Gasteiger partial charge in [0.15, 0.2) is 5.82 Å². The highest BCUT2D eigenvalue weighted by atomic mass is 19.1. The Morgan fingerprint density at radius 3 is 2.64 bits per heavy atom. The monoisotopic (exact) mass is 574 g/mol. The van der Waals surface area contributed by atoms with Crippen LogP contribution in [0.5, 0.6) is 11.8 Å². The number of nitrogens with two attached hydrogens (primary N) is 1. The molecule has 3 N–H and O–H groups in total. The number of hydrogen-bond donors (Lipinski definition) is 2. The maximum Gasteiger partial charge on any atom is 0.411 e. The standard InChI is InChI=1S/C30H31FN6O5/c1-29(2,3)42-28(40)37-17-9-10-30(37,26(32)39)15-36(14-17)25-21-13-33-23(22(31)24(21)34-27(35-25)41-4)20-12-18(38)11-16-7-5-6-8-19(16)20/h5-8,11-13,17,38H,9-10,14-15H2,1-4H3,(H2,32,39). The summed E-state index contributed by atoms with van der Waals surface area (Å²) in [6, 6.07) is 9.88. The number of anilines is 1. The van der Waals surface area contributed by atoms with Crippen LogP contribution in [0.4, 0.5) is 15.0 Å². The van der Waals surface area contributed by atoms with Gasteiger partial charge in [0, 0.05) is 18.3 Å². The van der Waals surface area contributed by atoms with Gasteiger partial charge < -0.3 is 25.2 Å². The van der Waals surface area contributed by atoms with Gasteiger partial charge in [0.2, 0.25) is 5.91 Å². The van der Waals surface area contributed by atoms with Crippen molar-refractivity contribution >= 4 is 39.5 Å². The molecule has 11 nitrogen and oxygen atoms in total. The molecule has 2 aromatic carbocycles. The van der Waals surface area contributed by atoms with Crippen LogP contribution < -0.4 is 15.4 Å². The van der Waals surface area contributed by atoms with Crippen LogP contribution in [0.1, 0.15) is 33.6 Å². The zero-order valence-corrected chi connectivity index (χ0v) is 23.7. The number of pyridine rings is 1. The molecule has 4 aromatic rings. The molecule has 2 fully saturated rings. The summed E-state index contributed by atoms with van der Waals surface area (Å²) in [5.74, 6) is -1.10. The largest absolute Gasteiger partial charge is 0.508 e. The molecule has 218 valence electrons. The first kappa shape index (κ1) is 27.4. The Kier molecular flexibility index (Phi) is 6.32. The predicted molar refractivity (Wildman–Crippen MR) is 154 cm³/mol. The number of benzene rings is 2. The molecule has 2 aliphatic heterocycles. The van der Waals surface area contributed by atoms with Crippen molar-refractivity contribution in [3.05, 3.63) is 48.4 Å². The van der Waals surface area contributed by atoms with E-state index in [2.05, 4.69) is 15.0 Å². The lowest BCUT2D eigenvalue weighted by molar-refractivity contribution is -0.129. The zero-order chi connectivity index (χ0) is 30.0. The molecule has 2 aliphatic rings. The van der Waals surface area contributed by atoms with E-state index in [9.17, 15) is 14.7 Å². The quantitative estimate of drug-likeness (QED) is 0.367. The molecular weight excluding hydrogens is 543 g/mol. The molecule has 2 atom stereocenters. The number of amides is 2. The van der Waals surface area contributed by atoms with Crippen LogP contribution >= 0.6 is 0 Å². The molecule has 2 bridgehead atoms. The maximum atomic E-state index is 16.3. The number of aromatic nitrogens is 3. The van der Waals surface area contributed by atoms with E-state index >= 15 is 4.39 Å². The molecule has 4 heterocycles. The summed E-state index contributed by atoms with van der Waals surface area (Å²) < 4.78 is 27.3. The van der Waals surface area contributed by atoms with Crippen LogP contribution in [0.15, 0.2) is 42.6 Å². The second-order valence-electron chi connectivity index (χ2n) is 11.8. The van der Waals surface area contributed by atoms with E-state index in [1.807, 2.05) is 24.3 Å². The second-order valence-corrected chi connectivity index (χ2v) is 11.8. The van der Waals surface area contributed by atoms with Gasteiger partial charge in [-0.05, 0) is 56.5 Å². The molecule has 0 saturated carbocycles. The Bertz CT molecular complexity index is 1760. The van der Waals surface area contributed by atoms with Crippen LogP contribution in [0.2, 0.25) is 0 Å². The number of aromatic hydroxyl groups is 1. The minimum Gasteiger partial charge on any atom is -0.508 e. The Balaban J connectivity index is 1.47. The normalized spacial score (nSPS) is 20.3. The first-order chi connectivity index (χ1) is 19.9. The van der Waals surface area contributed by atoms with Gasteiger partial charge in [0.1, 0.15) is 33.9 Å². The number of nitrogens with zero attached hydrogens (tertiary/aromatic N) is 5. The highest BCUT2D eigenvalue weighted by Gasteiger charge is 2.58. The van der Waals surface area contributed by atoms with Crippen molar-refractivity contribution < 1.29 is 28.6 Å². The van der Waals surface area contributed by atoms with Gasteiger partial charge in [-0.1, -0.05) is 24.3 Å². The number of phenols is 1. The lowest BCUT2D eigenvalue weighted by Gasteiger charge is -2.47. The lowest BCUT2D eigenvalue weighted by atomic mass is 9.94. The number of methoxy groups -OCH3 is 1. The number of piperazine rings is 1. The Hall–Kier alpha value is -4.74. The zero-order valence-electron chi connectivity index (χ0n) is 23.7. The number of halogens is 1. The Morgan fingerprint density at radius 1 is 1.17 bits per heavy atom. The summed E-state index contributed by atoms with van der Waals surface area (Å²) in [7, 11) is 1.38. The molecule has 2 aromatic heterocycles. The summed E-state index contributed by atoms with van der Waals surface area (Å²) in [6.07, 6.45) is 1.74. The van der Waals surface area contributed by atoms with E-state index in [1.54, 1.807) is 31.7 Å². The number of fused-ring (bicyclic) bond motifs is 4. The third-order valence-corrected chi connectivity index (χ3v) is 7.88. The van der Waals surface area contributed by atoms with E-state index in [4.69, 9.17) is 15.2 Å². The molecule has 12 heteroatoms. The van der Waals surface area contributed by atoms with Crippen molar-refractivity contribution in [1.82, 2.24) is 19.9 Å².